The van der Waals surface area contributed by atoms with Gasteiger partial charge in [0.05, 0.1) is 24.6 Å². The van der Waals surface area contributed by atoms with Crippen LogP contribution in [0.25, 0.3) is 21.3 Å². The number of methoxy groups -OCH3 is 1. The molecule has 0 aliphatic heterocycles. The summed E-state index contributed by atoms with van der Waals surface area (Å²) in [6.07, 6.45) is 13.1. The van der Waals surface area contributed by atoms with Crippen LogP contribution in [-0.4, -0.2) is 26.4 Å². The number of benzene rings is 1. The molecule has 1 aliphatic rings. The number of allylic oxidation sites excluding steroid dienone is 6. The Morgan fingerprint density at radius 2 is 2.16 bits per heavy atom. The first-order valence-corrected chi connectivity index (χ1v) is 11.5. The third-order valence-corrected chi connectivity index (χ3v) is 7.35. The van der Waals surface area contributed by atoms with Crippen LogP contribution in [0.4, 0.5) is 0 Å². The average molecular weight is 449 g/mol. The van der Waals surface area contributed by atoms with Crippen molar-refractivity contribution < 1.29 is 4.74 Å². The van der Waals surface area contributed by atoms with E-state index < -0.39 is 0 Å². The Morgan fingerprint density at radius 3 is 3.03 bits per heavy atom. The van der Waals surface area contributed by atoms with E-state index >= 15 is 0 Å². The Hall–Kier alpha value is -3.10. The number of nitrogens with zero attached hydrogens (tertiary/aromatic N) is 4. The molecule has 3 heterocycles. The van der Waals surface area contributed by atoms with E-state index in [0.29, 0.717) is 12.1 Å². The van der Waals surface area contributed by atoms with Gasteiger partial charge in [-0.1, -0.05) is 54.3 Å². The van der Waals surface area contributed by atoms with Gasteiger partial charge in [-0.05, 0) is 29.0 Å². The highest BCUT2D eigenvalue weighted by Crippen LogP contribution is 2.38. The van der Waals surface area contributed by atoms with Gasteiger partial charge in [0.15, 0.2) is 9.99 Å². The fourth-order valence-electron chi connectivity index (χ4n) is 3.62. The monoisotopic (exact) mass is 448 g/mol. The van der Waals surface area contributed by atoms with Crippen molar-refractivity contribution in [3.63, 3.8) is 0 Å². The number of ether oxygens (including phenoxy) is 1. The molecule has 1 aliphatic carbocycles. The molecule has 8 heteroatoms. The molecule has 0 radical (unpaired) electrons. The molecule has 4 aromatic rings. The predicted octanol–water partition coefficient (Wildman–Crippen LogP) is 4.89. The van der Waals surface area contributed by atoms with Crippen molar-refractivity contribution in [3.8, 4) is 5.75 Å². The van der Waals surface area contributed by atoms with Crippen molar-refractivity contribution in [3.05, 3.63) is 81.7 Å². The van der Waals surface area contributed by atoms with Gasteiger partial charge in [-0.2, -0.15) is 5.10 Å². The lowest BCUT2D eigenvalue weighted by atomic mass is 10.2. The normalized spacial score (nSPS) is 13.7. The molecule has 3 aromatic heterocycles. The molecule has 0 amide bonds. The topological polar surface area (TPSA) is 61.9 Å². The Labute approximate surface area is 187 Å². The van der Waals surface area contributed by atoms with Gasteiger partial charge in [-0.25, -0.2) is 9.67 Å². The standard InChI is InChI=1S/C23H20N4O2S2/c1-26-19-18(13-24-27(22(19)28)14-15-8-7-9-16(12-15)29-2)20-21(26)25-23(31-20)30-17-10-5-3-4-6-11-17/h3-10,12-13H,11,14H2,1-2H3. The van der Waals surface area contributed by atoms with Crippen LogP contribution in [0.2, 0.25) is 0 Å². The van der Waals surface area contributed by atoms with Crippen molar-refractivity contribution in [1.29, 1.82) is 0 Å². The summed E-state index contributed by atoms with van der Waals surface area (Å²) in [5, 5.41) is 5.30. The minimum Gasteiger partial charge on any atom is -0.497 e. The second-order valence-electron chi connectivity index (χ2n) is 7.16. The quantitative estimate of drug-likeness (QED) is 0.435. The Balaban J connectivity index is 1.52. The fourth-order valence-corrected chi connectivity index (χ4v) is 5.88. The summed E-state index contributed by atoms with van der Waals surface area (Å²) in [6.45, 7) is 0.383. The van der Waals surface area contributed by atoms with Crippen LogP contribution in [-0.2, 0) is 13.6 Å². The zero-order valence-corrected chi connectivity index (χ0v) is 18.7. The summed E-state index contributed by atoms with van der Waals surface area (Å²) < 4.78 is 10.6. The SMILES string of the molecule is COc1cccc(Cn2ncc3c4sc(SC5=CC=CC=CC5)nc4n(C)c3c2=O)c1. The van der Waals surface area contributed by atoms with E-state index in [0.717, 1.165) is 37.8 Å². The molecule has 0 fully saturated rings. The molecular weight excluding hydrogens is 428 g/mol. The summed E-state index contributed by atoms with van der Waals surface area (Å²) in [7, 11) is 3.53. The van der Waals surface area contributed by atoms with E-state index in [1.807, 2.05) is 48.0 Å². The highest BCUT2D eigenvalue weighted by atomic mass is 32.2. The van der Waals surface area contributed by atoms with E-state index in [4.69, 9.17) is 9.72 Å². The summed E-state index contributed by atoms with van der Waals surface area (Å²) in [5.74, 6) is 0.759. The second-order valence-corrected chi connectivity index (χ2v) is 9.54. The van der Waals surface area contributed by atoms with Crippen LogP contribution in [0, 0.1) is 0 Å². The van der Waals surface area contributed by atoms with Crippen molar-refractivity contribution in [2.45, 2.75) is 17.3 Å². The molecule has 31 heavy (non-hydrogen) atoms. The number of aryl methyl sites for hydroxylation is 1. The zero-order chi connectivity index (χ0) is 21.4. The van der Waals surface area contributed by atoms with Crippen molar-refractivity contribution >= 4 is 44.3 Å². The lowest BCUT2D eigenvalue weighted by Crippen LogP contribution is -2.24. The van der Waals surface area contributed by atoms with E-state index in [1.54, 1.807) is 36.4 Å². The molecule has 0 saturated heterocycles. The van der Waals surface area contributed by atoms with Gasteiger partial charge in [-0.15, -0.1) is 11.3 Å². The van der Waals surface area contributed by atoms with Gasteiger partial charge in [0, 0.05) is 12.4 Å². The maximum atomic E-state index is 13.2. The van der Waals surface area contributed by atoms with E-state index in [-0.39, 0.29) is 5.56 Å². The number of hydrogen-bond donors (Lipinski definition) is 0. The first-order chi connectivity index (χ1) is 15.1. The van der Waals surface area contributed by atoms with E-state index in [1.165, 1.54) is 9.59 Å². The van der Waals surface area contributed by atoms with Crippen LogP contribution in [0.15, 0.2) is 74.9 Å². The van der Waals surface area contributed by atoms with Crippen LogP contribution in [0.1, 0.15) is 12.0 Å². The Morgan fingerprint density at radius 1 is 1.26 bits per heavy atom. The van der Waals surface area contributed by atoms with Crippen molar-refractivity contribution in [2.24, 2.45) is 7.05 Å². The van der Waals surface area contributed by atoms with E-state index in [9.17, 15) is 4.79 Å². The molecule has 0 spiro atoms. The molecular formula is C23H20N4O2S2. The smallest absolute Gasteiger partial charge is 0.291 e. The van der Waals surface area contributed by atoms with Crippen molar-refractivity contribution in [2.75, 3.05) is 7.11 Å². The highest BCUT2D eigenvalue weighted by Gasteiger charge is 2.19. The summed E-state index contributed by atoms with van der Waals surface area (Å²) >= 11 is 3.28. The Kier molecular flexibility index (Phi) is 5.25. The van der Waals surface area contributed by atoms with Gasteiger partial charge in [-0.3, -0.25) is 4.79 Å². The molecule has 1 aromatic carbocycles. The lowest BCUT2D eigenvalue weighted by Gasteiger charge is -2.07. The minimum absolute atomic E-state index is 0.121. The molecule has 0 atom stereocenters. The average Bonchev–Trinajstić information content (AvgIpc) is 3.17. The van der Waals surface area contributed by atoms with Gasteiger partial charge in [0.1, 0.15) is 11.3 Å². The molecule has 5 rings (SSSR count). The van der Waals surface area contributed by atoms with Gasteiger partial charge in [0.2, 0.25) is 0 Å². The van der Waals surface area contributed by atoms with Gasteiger partial charge >= 0.3 is 0 Å². The lowest BCUT2D eigenvalue weighted by molar-refractivity contribution is 0.414. The van der Waals surface area contributed by atoms with E-state index in [2.05, 4.69) is 23.3 Å². The number of hydrogen-bond acceptors (Lipinski definition) is 6. The van der Waals surface area contributed by atoms with Gasteiger partial charge in [0.25, 0.3) is 5.56 Å². The molecule has 0 bridgehead atoms. The summed E-state index contributed by atoms with van der Waals surface area (Å²) in [5.41, 5.74) is 2.29. The highest BCUT2D eigenvalue weighted by molar-refractivity contribution is 8.04. The van der Waals surface area contributed by atoms with Crippen LogP contribution >= 0.6 is 23.1 Å². The van der Waals surface area contributed by atoms with Crippen molar-refractivity contribution in [1.82, 2.24) is 19.3 Å². The van der Waals surface area contributed by atoms with Crippen LogP contribution in [0.5, 0.6) is 5.75 Å². The zero-order valence-electron chi connectivity index (χ0n) is 17.1. The van der Waals surface area contributed by atoms with Crippen LogP contribution < -0.4 is 10.3 Å². The van der Waals surface area contributed by atoms with Crippen LogP contribution in [0.3, 0.4) is 0 Å². The molecule has 6 nitrogen and oxygen atoms in total. The molecule has 0 saturated carbocycles. The number of thiazole rings is 1. The third-order valence-electron chi connectivity index (χ3n) is 5.15. The largest absolute Gasteiger partial charge is 0.497 e. The number of aromatic nitrogens is 4. The summed E-state index contributed by atoms with van der Waals surface area (Å²) in [6, 6.07) is 7.67. The maximum absolute atomic E-state index is 13.2. The molecule has 0 N–H and O–H groups in total. The first-order valence-electron chi connectivity index (χ1n) is 9.82. The second kappa shape index (κ2) is 8.20. The molecule has 0 unspecified atom stereocenters. The number of rotatable bonds is 5. The Bertz CT molecular complexity index is 1440. The fraction of sp³-hybridized carbons (Fsp3) is 0.174. The third kappa shape index (κ3) is 3.73. The number of thioether (sulfide) groups is 1. The first kappa shape index (κ1) is 19.8. The maximum Gasteiger partial charge on any atom is 0.291 e. The molecule has 156 valence electrons. The predicted molar refractivity (Wildman–Crippen MR) is 127 cm³/mol. The number of fused-ring (bicyclic) bond motifs is 3. The summed E-state index contributed by atoms with van der Waals surface area (Å²) in [4.78, 5) is 19.3. The van der Waals surface area contributed by atoms with Gasteiger partial charge < -0.3 is 9.30 Å². The minimum atomic E-state index is -0.121.